The fourth-order valence-corrected chi connectivity index (χ4v) is 4.53. The largest absolute Gasteiger partial charge is 0.476 e. The zero-order valence-corrected chi connectivity index (χ0v) is 22.0. The van der Waals surface area contributed by atoms with Crippen LogP contribution in [-0.4, -0.2) is 71.9 Å². The third-order valence-corrected chi connectivity index (χ3v) is 6.33. The molecule has 4 N–H and O–H groups in total. The second-order valence-corrected chi connectivity index (χ2v) is 9.11. The number of nitrogens with one attached hydrogen (secondary N) is 4. The molecule has 0 saturated heterocycles. The number of para-hydroxylation sites is 1. The van der Waals surface area contributed by atoms with Crippen LogP contribution in [0.3, 0.4) is 0 Å². The lowest BCUT2D eigenvalue weighted by atomic mass is 10.1. The van der Waals surface area contributed by atoms with Crippen LogP contribution in [0.15, 0.2) is 54.2 Å². The van der Waals surface area contributed by atoms with Crippen molar-refractivity contribution in [2.24, 2.45) is 12.0 Å². The van der Waals surface area contributed by atoms with Crippen LogP contribution >= 0.6 is 0 Å². The van der Waals surface area contributed by atoms with Crippen LogP contribution in [0.25, 0.3) is 11.3 Å². The molecule has 0 saturated carbocycles. The van der Waals surface area contributed by atoms with Gasteiger partial charge in [0, 0.05) is 51.0 Å². The molecule has 2 amide bonds. The summed E-state index contributed by atoms with van der Waals surface area (Å²) >= 11 is 0. The topological polar surface area (TPSA) is 138 Å². The van der Waals surface area contributed by atoms with Gasteiger partial charge in [-0.1, -0.05) is 12.6 Å². The number of hydrogen-bond acceptors (Lipinski definition) is 9. The van der Waals surface area contributed by atoms with Gasteiger partial charge < -0.3 is 30.9 Å². The Balaban J connectivity index is 1.47. The number of hydrogen-bond donors (Lipinski definition) is 4. The summed E-state index contributed by atoms with van der Waals surface area (Å²) in [6.07, 6.45) is 2.94. The molecule has 0 aliphatic carbocycles. The number of carbonyl (C=O) groups excluding carboxylic acids is 2. The number of benzene rings is 1. The highest BCUT2D eigenvalue weighted by Gasteiger charge is 2.29. The van der Waals surface area contributed by atoms with Gasteiger partial charge in [-0.3, -0.25) is 14.6 Å². The third-order valence-electron chi connectivity index (χ3n) is 6.33. The van der Waals surface area contributed by atoms with Crippen molar-refractivity contribution in [2.45, 2.75) is 6.92 Å². The first kappa shape index (κ1) is 25.9. The fraction of sp³-hybridized carbons (Fsp3) is 0.296. The van der Waals surface area contributed by atoms with Gasteiger partial charge in [-0.2, -0.15) is 10.1 Å². The van der Waals surface area contributed by atoms with Gasteiger partial charge in [0.1, 0.15) is 6.61 Å². The van der Waals surface area contributed by atoms with Gasteiger partial charge in [0.2, 0.25) is 17.7 Å². The van der Waals surface area contributed by atoms with Gasteiger partial charge in [0.15, 0.2) is 0 Å². The molecule has 4 heterocycles. The summed E-state index contributed by atoms with van der Waals surface area (Å²) in [5.41, 5.74) is 4.99. The van der Waals surface area contributed by atoms with Crippen molar-refractivity contribution in [2.75, 3.05) is 54.9 Å². The third kappa shape index (κ3) is 5.60. The van der Waals surface area contributed by atoms with E-state index in [9.17, 15) is 9.59 Å². The lowest BCUT2D eigenvalue weighted by Crippen LogP contribution is -2.38. The van der Waals surface area contributed by atoms with Crippen molar-refractivity contribution in [1.29, 1.82) is 0 Å². The highest BCUT2D eigenvalue weighted by Crippen LogP contribution is 2.39. The van der Waals surface area contributed by atoms with E-state index in [1.807, 2.05) is 37.1 Å². The second-order valence-electron chi connectivity index (χ2n) is 9.11. The molecule has 202 valence electrons. The van der Waals surface area contributed by atoms with E-state index in [-0.39, 0.29) is 5.91 Å². The minimum atomic E-state index is -0.391. The number of pyridine rings is 1. The maximum Gasteiger partial charge on any atom is 0.280 e. The zero-order valence-electron chi connectivity index (χ0n) is 22.0. The Morgan fingerprint density at radius 3 is 2.97 bits per heavy atom. The van der Waals surface area contributed by atoms with E-state index in [2.05, 4.69) is 42.9 Å². The van der Waals surface area contributed by atoms with E-state index in [1.165, 1.54) is 6.08 Å². The summed E-state index contributed by atoms with van der Waals surface area (Å²) in [6.45, 7) is 8.48. The molecule has 1 aromatic carbocycles. The number of rotatable bonds is 5. The van der Waals surface area contributed by atoms with Crippen molar-refractivity contribution in [1.82, 2.24) is 25.4 Å². The van der Waals surface area contributed by atoms with E-state index >= 15 is 0 Å². The van der Waals surface area contributed by atoms with E-state index in [4.69, 9.17) is 4.74 Å². The molecule has 12 heteroatoms. The molecular formula is C27H31N9O3. The van der Waals surface area contributed by atoms with Crippen molar-refractivity contribution in [3.05, 3.63) is 60.4 Å². The van der Waals surface area contributed by atoms with Crippen molar-refractivity contribution >= 4 is 34.8 Å². The van der Waals surface area contributed by atoms with E-state index in [0.29, 0.717) is 73.7 Å². The summed E-state index contributed by atoms with van der Waals surface area (Å²) in [5, 5.41) is 17.2. The maximum atomic E-state index is 13.5. The molecule has 12 nitrogen and oxygen atoms in total. The van der Waals surface area contributed by atoms with E-state index in [0.717, 1.165) is 17.1 Å². The van der Waals surface area contributed by atoms with Crippen LogP contribution in [0.2, 0.25) is 0 Å². The van der Waals surface area contributed by atoms with Crippen LogP contribution in [-0.2, 0) is 11.8 Å². The number of fused-ring (bicyclic) bond motifs is 7. The highest BCUT2D eigenvalue weighted by molar-refractivity contribution is 6.21. The molecule has 2 aliphatic heterocycles. The minimum Gasteiger partial charge on any atom is -0.476 e. The predicted octanol–water partition coefficient (Wildman–Crippen LogP) is 1.91. The Morgan fingerprint density at radius 1 is 1.26 bits per heavy atom. The first-order valence-electron chi connectivity index (χ1n) is 12.7. The smallest absolute Gasteiger partial charge is 0.280 e. The Bertz CT molecular complexity index is 1450. The molecule has 39 heavy (non-hydrogen) atoms. The molecule has 0 fully saturated rings. The monoisotopic (exact) mass is 529 g/mol. The molecule has 0 unspecified atom stereocenters. The standard InChI is InChI=1S/C27H31N9O3/c1-4-23(37)30-9-8-29-20-6-5-7-21-24(20)36-12-10-28-11-13-39-26-19(16-31-35(26)3)22-15-18(14-17(2)32-22)25(38)34-27(36)33-21/h4-7,14-16,28-29H,1,8-13H2,2-3H3,(H,30,37)(H,33,34,38). The summed E-state index contributed by atoms with van der Waals surface area (Å²) in [7, 11) is 1.81. The summed E-state index contributed by atoms with van der Waals surface area (Å²) in [5.74, 6) is 0.415. The predicted molar refractivity (Wildman–Crippen MR) is 150 cm³/mol. The molecule has 0 radical (unpaired) electrons. The first-order chi connectivity index (χ1) is 18.9. The van der Waals surface area contributed by atoms with Crippen LogP contribution in [0.5, 0.6) is 5.88 Å². The zero-order chi connectivity index (χ0) is 27.4. The van der Waals surface area contributed by atoms with Crippen molar-refractivity contribution in [3.8, 4) is 17.1 Å². The average molecular weight is 530 g/mol. The summed E-state index contributed by atoms with van der Waals surface area (Å²) < 4.78 is 7.71. The number of aryl methyl sites for hydroxylation is 2. The number of aliphatic imine (C=N–C) groups is 1. The van der Waals surface area contributed by atoms with Gasteiger partial charge in [-0.25, -0.2) is 4.68 Å². The molecule has 5 rings (SSSR count). The Morgan fingerprint density at radius 2 is 2.13 bits per heavy atom. The number of ether oxygens (including phenoxy) is 1. The highest BCUT2D eigenvalue weighted by atomic mass is 16.5. The number of anilines is 3. The normalized spacial score (nSPS) is 16.2. The van der Waals surface area contributed by atoms with Crippen LogP contribution < -0.4 is 30.9 Å². The van der Waals surface area contributed by atoms with Gasteiger partial charge >= 0.3 is 0 Å². The van der Waals surface area contributed by atoms with Gasteiger partial charge in [-0.05, 0) is 37.3 Å². The molecule has 2 aliphatic rings. The lowest BCUT2D eigenvalue weighted by Gasteiger charge is -2.22. The summed E-state index contributed by atoms with van der Waals surface area (Å²) in [6, 6.07) is 9.27. The van der Waals surface area contributed by atoms with Gasteiger partial charge in [0.05, 0.1) is 34.5 Å². The number of amides is 2. The second kappa shape index (κ2) is 11.4. The Labute approximate surface area is 226 Å². The lowest BCUT2D eigenvalue weighted by molar-refractivity contribution is -0.116. The molecular weight excluding hydrogens is 498 g/mol. The SMILES string of the molecule is C=CC(=O)NCCNc1cccc2c1N1CCNCCOc3c(cnn3C)-c3cc(cc(C)n3)C(=O)/N=C/1N2. The molecule has 0 spiro atoms. The molecule has 3 aromatic rings. The quantitative estimate of drug-likeness (QED) is 0.288. The van der Waals surface area contributed by atoms with E-state index in [1.54, 1.807) is 23.0 Å². The van der Waals surface area contributed by atoms with Gasteiger partial charge in [-0.15, -0.1) is 0 Å². The van der Waals surface area contributed by atoms with Crippen LogP contribution in [0.4, 0.5) is 17.1 Å². The molecule has 0 atom stereocenters. The van der Waals surface area contributed by atoms with Gasteiger partial charge in [0.25, 0.3) is 5.91 Å². The van der Waals surface area contributed by atoms with Crippen molar-refractivity contribution < 1.29 is 14.3 Å². The Hall–Kier alpha value is -4.71. The first-order valence-corrected chi connectivity index (χ1v) is 12.7. The number of carbonyl (C=O) groups is 2. The minimum absolute atomic E-state index is 0.223. The molecule has 2 aromatic heterocycles. The number of guanidine groups is 1. The number of aromatic nitrogens is 3. The van der Waals surface area contributed by atoms with E-state index < -0.39 is 5.91 Å². The maximum absolute atomic E-state index is 13.5. The number of nitrogens with zero attached hydrogens (tertiary/aromatic N) is 5. The fourth-order valence-electron chi connectivity index (χ4n) is 4.53. The van der Waals surface area contributed by atoms with Crippen molar-refractivity contribution in [3.63, 3.8) is 0 Å². The van der Waals surface area contributed by atoms with Crippen LogP contribution in [0, 0.1) is 6.92 Å². The average Bonchev–Trinajstić information content (AvgIpc) is 3.47. The van der Waals surface area contributed by atoms with Crippen LogP contribution in [0.1, 0.15) is 16.1 Å². The summed E-state index contributed by atoms with van der Waals surface area (Å²) in [4.78, 5) is 36.1. The molecule has 2 bridgehead atoms. The Kier molecular flexibility index (Phi) is 7.55.